The summed E-state index contributed by atoms with van der Waals surface area (Å²) in [6.45, 7) is 9.72. The molecular weight excluding hydrogens is 592 g/mol. The van der Waals surface area contributed by atoms with Crippen LogP contribution < -0.4 is 23.8 Å². The molecule has 0 aliphatic carbocycles. The quantitative estimate of drug-likeness (QED) is 0.0845. The summed E-state index contributed by atoms with van der Waals surface area (Å²) in [6.07, 6.45) is 3.04. The molecule has 0 spiro atoms. The number of nitrogens with zero attached hydrogens (tertiary/aromatic N) is 2. The maximum absolute atomic E-state index is 13.9. The van der Waals surface area contributed by atoms with E-state index in [0.717, 1.165) is 40.6 Å². The minimum absolute atomic E-state index is 0.0529. The molecule has 0 bridgehead atoms. The number of aliphatic hydroxyl groups is 1. The van der Waals surface area contributed by atoms with E-state index in [0.29, 0.717) is 65.7 Å². The highest BCUT2D eigenvalue weighted by Gasteiger charge is 2.48. The minimum atomic E-state index is -0.978. The fourth-order valence-electron chi connectivity index (χ4n) is 5.77. The molecule has 6 rings (SSSR count). The van der Waals surface area contributed by atoms with Crippen molar-refractivity contribution < 1.29 is 33.6 Å². The number of amides is 1. The Morgan fingerprint density at radius 3 is 2.56 bits per heavy atom. The first kappa shape index (κ1) is 30.5. The molecule has 1 N–H and O–H groups in total. The Labute approximate surface area is 266 Å². The predicted molar refractivity (Wildman–Crippen MR) is 174 cm³/mol. The molecule has 1 saturated heterocycles. The van der Waals surface area contributed by atoms with Gasteiger partial charge in [-0.25, -0.2) is 4.98 Å². The molecule has 3 aromatic carbocycles. The molecule has 0 unspecified atom stereocenters. The van der Waals surface area contributed by atoms with Gasteiger partial charge in [0.25, 0.3) is 5.78 Å². The molecule has 2 aliphatic heterocycles. The zero-order valence-electron chi connectivity index (χ0n) is 25.8. The Kier molecular flexibility index (Phi) is 8.67. The summed E-state index contributed by atoms with van der Waals surface area (Å²) in [4.78, 5) is 33.9. The zero-order chi connectivity index (χ0) is 31.7. The Hall–Kier alpha value is -4.57. The number of ether oxygens (including phenoxy) is 4. The van der Waals surface area contributed by atoms with Gasteiger partial charge in [0.05, 0.1) is 35.0 Å². The number of hydrogen-bond acceptors (Lipinski definition) is 9. The second-order valence-corrected chi connectivity index (χ2v) is 12.2. The van der Waals surface area contributed by atoms with Crippen molar-refractivity contribution in [2.75, 3.05) is 31.3 Å². The Bertz CT molecular complexity index is 1810. The van der Waals surface area contributed by atoms with Gasteiger partial charge in [-0.1, -0.05) is 43.2 Å². The van der Waals surface area contributed by atoms with Crippen LogP contribution in [0.25, 0.3) is 16.0 Å². The van der Waals surface area contributed by atoms with E-state index in [-0.39, 0.29) is 11.3 Å². The summed E-state index contributed by atoms with van der Waals surface area (Å²) in [5.41, 5.74) is 3.66. The number of ketones is 1. The molecule has 1 fully saturated rings. The third-order valence-corrected chi connectivity index (χ3v) is 8.88. The van der Waals surface area contributed by atoms with Crippen LogP contribution in [0.3, 0.4) is 0 Å². The fourth-order valence-corrected chi connectivity index (χ4v) is 6.94. The molecule has 0 radical (unpaired) electrons. The number of anilines is 1. The van der Waals surface area contributed by atoms with Gasteiger partial charge in [0.2, 0.25) is 0 Å². The summed E-state index contributed by atoms with van der Waals surface area (Å²) >= 11 is 1.33. The Morgan fingerprint density at radius 1 is 0.978 bits per heavy atom. The lowest BCUT2D eigenvalue weighted by Crippen LogP contribution is -2.29. The molecule has 10 heteroatoms. The molecule has 9 nitrogen and oxygen atoms in total. The molecule has 2 aliphatic rings. The first-order valence-electron chi connectivity index (χ1n) is 15.3. The highest BCUT2D eigenvalue weighted by molar-refractivity contribution is 7.22. The standard InChI is InChI=1S/C35H36N2O7S/c1-5-7-8-13-42-24-11-9-22(18-26(24)41-6-2)31-29(32(38)23-10-12-25-27(19-23)44-15-14-43-25)33(39)34(40)37(31)35-36-30-21(4)16-20(3)17-28(30)45-35/h9-12,16-19,31,38H,5-8,13-15H2,1-4H3/b32-29+/t31-/m1/s1. The summed E-state index contributed by atoms with van der Waals surface area (Å²) in [5.74, 6) is 0.174. The number of aryl methyl sites for hydroxylation is 2. The van der Waals surface area contributed by atoms with Crippen molar-refractivity contribution in [3.05, 3.63) is 76.4 Å². The molecule has 1 amide bonds. The summed E-state index contributed by atoms with van der Waals surface area (Å²) in [7, 11) is 0. The van der Waals surface area contributed by atoms with Crippen molar-refractivity contribution in [3.63, 3.8) is 0 Å². The zero-order valence-corrected chi connectivity index (χ0v) is 26.7. The van der Waals surface area contributed by atoms with Gasteiger partial charge in [-0.05, 0) is 80.3 Å². The number of carbonyl (C=O) groups excluding carboxylic acids is 2. The van der Waals surface area contributed by atoms with E-state index in [4.69, 9.17) is 23.9 Å². The number of unbranched alkanes of at least 4 members (excludes halogenated alkanes) is 2. The number of fused-ring (bicyclic) bond motifs is 2. The average Bonchev–Trinajstić information content (AvgIpc) is 3.57. The van der Waals surface area contributed by atoms with Crippen molar-refractivity contribution in [2.45, 2.75) is 53.0 Å². The first-order valence-corrected chi connectivity index (χ1v) is 16.1. The van der Waals surface area contributed by atoms with Crippen molar-refractivity contribution in [1.82, 2.24) is 4.98 Å². The lowest BCUT2D eigenvalue weighted by Gasteiger charge is -2.24. The van der Waals surface area contributed by atoms with E-state index in [1.54, 1.807) is 36.4 Å². The summed E-state index contributed by atoms with van der Waals surface area (Å²) < 4.78 is 24.3. The van der Waals surface area contributed by atoms with Crippen LogP contribution in [0.5, 0.6) is 23.0 Å². The first-order chi connectivity index (χ1) is 21.8. The van der Waals surface area contributed by atoms with E-state index < -0.39 is 17.7 Å². The summed E-state index contributed by atoms with van der Waals surface area (Å²) in [5, 5.41) is 12.1. The van der Waals surface area contributed by atoms with Crippen LogP contribution in [0.15, 0.2) is 54.1 Å². The van der Waals surface area contributed by atoms with E-state index in [1.165, 1.54) is 16.2 Å². The van der Waals surface area contributed by atoms with Gasteiger partial charge < -0.3 is 24.1 Å². The fraction of sp³-hybridized carbons (Fsp3) is 0.343. The predicted octanol–water partition coefficient (Wildman–Crippen LogP) is 7.28. The number of thiazole rings is 1. The van der Waals surface area contributed by atoms with Crippen LogP contribution in [0, 0.1) is 13.8 Å². The van der Waals surface area contributed by atoms with Crippen LogP contribution in [-0.2, 0) is 9.59 Å². The highest BCUT2D eigenvalue weighted by Crippen LogP contribution is 2.47. The molecule has 234 valence electrons. The van der Waals surface area contributed by atoms with Gasteiger partial charge in [-0.3, -0.25) is 14.5 Å². The largest absolute Gasteiger partial charge is 0.507 e. The SMILES string of the molecule is CCCCCOc1ccc([C@@H]2/C(=C(\O)c3ccc4c(c3)OCCO4)C(=O)C(=O)N2c2nc3c(C)cc(C)cc3s2)cc1OCC. The number of carbonyl (C=O) groups is 2. The van der Waals surface area contributed by atoms with Crippen molar-refractivity contribution in [2.24, 2.45) is 0 Å². The number of aliphatic hydroxyl groups excluding tert-OH is 1. The smallest absolute Gasteiger partial charge is 0.301 e. The van der Waals surface area contributed by atoms with Gasteiger partial charge in [0.1, 0.15) is 19.0 Å². The number of rotatable bonds is 10. The van der Waals surface area contributed by atoms with Gasteiger partial charge in [0, 0.05) is 5.56 Å². The second-order valence-electron chi connectivity index (χ2n) is 11.1. The third-order valence-electron chi connectivity index (χ3n) is 7.87. The maximum Gasteiger partial charge on any atom is 0.301 e. The maximum atomic E-state index is 13.9. The van der Waals surface area contributed by atoms with E-state index in [9.17, 15) is 14.7 Å². The van der Waals surface area contributed by atoms with E-state index >= 15 is 0 Å². The summed E-state index contributed by atoms with van der Waals surface area (Å²) in [6, 6.07) is 13.4. The number of aromatic nitrogens is 1. The second kappa shape index (κ2) is 12.8. The third kappa shape index (κ3) is 5.82. The molecule has 4 aromatic rings. The van der Waals surface area contributed by atoms with Crippen LogP contribution in [0.4, 0.5) is 5.13 Å². The number of benzene rings is 3. The normalized spacial score (nSPS) is 17.2. The van der Waals surface area contributed by atoms with E-state index in [2.05, 4.69) is 6.92 Å². The Balaban J connectivity index is 1.50. The van der Waals surface area contributed by atoms with Crippen molar-refractivity contribution in [3.8, 4) is 23.0 Å². The average molecular weight is 629 g/mol. The van der Waals surface area contributed by atoms with Crippen LogP contribution >= 0.6 is 11.3 Å². The van der Waals surface area contributed by atoms with E-state index in [1.807, 2.05) is 32.9 Å². The molecule has 45 heavy (non-hydrogen) atoms. The Morgan fingerprint density at radius 2 is 1.78 bits per heavy atom. The molecule has 0 saturated carbocycles. The van der Waals surface area contributed by atoms with Gasteiger partial charge in [-0.2, -0.15) is 0 Å². The lowest BCUT2D eigenvalue weighted by atomic mass is 9.95. The minimum Gasteiger partial charge on any atom is -0.507 e. The van der Waals surface area contributed by atoms with Crippen molar-refractivity contribution in [1.29, 1.82) is 0 Å². The molecular formula is C35H36N2O7S. The van der Waals surface area contributed by atoms with Gasteiger partial charge in [0.15, 0.2) is 28.1 Å². The van der Waals surface area contributed by atoms with Gasteiger partial charge in [-0.15, -0.1) is 0 Å². The number of Topliss-reactive ketones (excluding diaryl/α,β-unsaturated/α-hetero) is 1. The molecule has 3 heterocycles. The molecule has 1 atom stereocenters. The van der Waals surface area contributed by atoms with Crippen LogP contribution in [-0.4, -0.2) is 48.2 Å². The van der Waals surface area contributed by atoms with Gasteiger partial charge >= 0.3 is 5.91 Å². The monoisotopic (exact) mass is 628 g/mol. The topological polar surface area (TPSA) is 107 Å². The van der Waals surface area contributed by atoms with Crippen molar-refractivity contribution >= 4 is 44.1 Å². The lowest BCUT2D eigenvalue weighted by molar-refractivity contribution is -0.132. The number of hydrogen-bond donors (Lipinski definition) is 1. The highest BCUT2D eigenvalue weighted by atomic mass is 32.1. The van der Waals surface area contributed by atoms with Crippen LogP contribution in [0.1, 0.15) is 61.4 Å². The molecule has 1 aromatic heterocycles. The van der Waals surface area contributed by atoms with Crippen LogP contribution in [0.2, 0.25) is 0 Å².